The van der Waals surface area contributed by atoms with Crippen LogP contribution in [-0.4, -0.2) is 39.5 Å². The van der Waals surface area contributed by atoms with E-state index in [4.69, 9.17) is 9.47 Å². The number of fused-ring (bicyclic) bond motifs is 1. The summed E-state index contributed by atoms with van der Waals surface area (Å²) in [5.74, 6) is -0.0704. The van der Waals surface area contributed by atoms with Crippen molar-refractivity contribution in [2.75, 3.05) is 29.9 Å². The lowest BCUT2D eigenvalue weighted by Gasteiger charge is -2.20. The van der Waals surface area contributed by atoms with E-state index in [9.17, 15) is 23.3 Å². The Hall–Kier alpha value is -4.12. The Morgan fingerprint density at radius 2 is 1.59 bits per heavy atom. The standard InChI is InChI=1S/C23H21N3O7S/c1-15-3-9-18(10-4-15)34(30,31)25(2)17-7-5-16(6-8-17)23(27)24-19-13-21-22(33-12-11-32-21)14-20(19)26(28)29/h3-10,13-14H,11-12H2,1-2H3,(H,24,27). The number of ether oxygens (including phenoxy) is 2. The molecule has 34 heavy (non-hydrogen) atoms. The average Bonchev–Trinajstić information content (AvgIpc) is 2.83. The second kappa shape index (κ2) is 9.02. The summed E-state index contributed by atoms with van der Waals surface area (Å²) in [4.78, 5) is 23.7. The summed E-state index contributed by atoms with van der Waals surface area (Å²) in [7, 11) is -2.36. The monoisotopic (exact) mass is 483 g/mol. The van der Waals surface area contributed by atoms with E-state index in [1.54, 1.807) is 12.1 Å². The molecule has 1 aliphatic heterocycles. The van der Waals surface area contributed by atoms with E-state index in [-0.39, 0.29) is 34.2 Å². The summed E-state index contributed by atoms with van der Waals surface area (Å²) in [5.41, 5.74) is 1.10. The fourth-order valence-corrected chi connectivity index (χ4v) is 4.55. The van der Waals surface area contributed by atoms with Gasteiger partial charge in [0.15, 0.2) is 11.5 Å². The number of nitro groups is 1. The number of amides is 1. The first-order valence-electron chi connectivity index (χ1n) is 10.2. The molecule has 0 spiro atoms. The number of nitrogens with zero attached hydrogens (tertiary/aromatic N) is 2. The molecule has 0 bridgehead atoms. The van der Waals surface area contributed by atoms with E-state index in [2.05, 4.69) is 5.32 Å². The predicted octanol–water partition coefficient (Wildman–Crippen LogP) is 3.75. The van der Waals surface area contributed by atoms with Crippen molar-refractivity contribution in [3.8, 4) is 11.5 Å². The summed E-state index contributed by atoms with van der Waals surface area (Å²) < 4.78 is 37.7. The van der Waals surface area contributed by atoms with Gasteiger partial charge in [0.2, 0.25) is 0 Å². The fourth-order valence-electron chi connectivity index (χ4n) is 3.35. The highest BCUT2D eigenvalue weighted by Crippen LogP contribution is 2.39. The molecule has 3 aromatic carbocycles. The third kappa shape index (κ3) is 4.50. The third-order valence-corrected chi connectivity index (χ3v) is 7.08. The lowest BCUT2D eigenvalue weighted by atomic mass is 10.1. The molecule has 11 heteroatoms. The van der Waals surface area contributed by atoms with Gasteiger partial charge < -0.3 is 14.8 Å². The molecule has 1 N–H and O–H groups in total. The molecule has 4 rings (SSSR count). The largest absolute Gasteiger partial charge is 0.486 e. The maximum absolute atomic E-state index is 12.9. The maximum atomic E-state index is 12.9. The van der Waals surface area contributed by atoms with Gasteiger partial charge in [-0.05, 0) is 43.3 Å². The Balaban J connectivity index is 1.55. The van der Waals surface area contributed by atoms with Gasteiger partial charge in [-0.15, -0.1) is 0 Å². The van der Waals surface area contributed by atoms with Crippen LogP contribution in [0.4, 0.5) is 17.1 Å². The lowest BCUT2D eigenvalue weighted by molar-refractivity contribution is -0.384. The minimum atomic E-state index is -3.78. The normalized spacial score (nSPS) is 12.6. The number of carbonyl (C=O) groups is 1. The predicted molar refractivity (Wildman–Crippen MR) is 125 cm³/mol. The molecule has 0 fully saturated rings. The third-order valence-electron chi connectivity index (χ3n) is 5.28. The number of nitro benzene ring substituents is 1. The molecule has 1 heterocycles. The van der Waals surface area contributed by atoms with E-state index < -0.39 is 20.9 Å². The van der Waals surface area contributed by atoms with E-state index in [1.165, 1.54) is 55.6 Å². The second-order valence-electron chi connectivity index (χ2n) is 7.56. The van der Waals surface area contributed by atoms with Crippen LogP contribution >= 0.6 is 0 Å². The highest BCUT2D eigenvalue weighted by atomic mass is 32.2. The van der Waals surface area contributed by atoms with Gasteiger partial charge >= 0.3 is 0 Å². The number of rotatable bonds is 6. The van der Waals surface area contributed by atoms with Crippen molar-refractivity contribution in [3.63, 3.8) is 0 Å². The van der Waals surface area contributed by atoms with Crippen LogP contribution in [0.1, 0.15) is 15.9 Å². The second-order valence-corrected chi connectivity index (χ2v) is 9.53. The van der Waals surface area contributed by atoms with Gasteiger partial charge in [-0.25, -0.2) is 8.42 Å². The van der Waals surface area contributed by atoms with Crippen LogP contribution in [-0.2, 0) is 10.0 Å². The van der Waals surface area contributed by atoms with E-state index in [1.807, 2.05) is 6.92 Å². The van der Waals surface area contributed by atoms with Crippen molar-refractivity contribution >= 4 is 33.0 Å². The molecule has 0 saturated carbocycles. The van der Waals surface area contributed by atoms with Gasteiger partial charge in [-0.1, -0.05) is 17.7 Å². The average molecular weight is 484 g/mol. The summed E-state index contributed by atoms with van der Waals surface area (Å²) >= 11 is 0. The van der Waals surface area contributed by atoms with Crippen LogP contribution in [0.3, 0.4) is 0 Å². The van der Waals surface area contributed by atoms with Crippen molar-refractivity contribution < 1.29 is 27.6 Å². The number of hydrogen-bond donors (Lipinski definition) is 1. The quantitative estimate of drug-likeness (QED) is 0.418. The van der Waals surface area contributed by atoms with Gasteiger partial charge in [-0.3, -0.25) is 19.2 Å². The smallest absolute Gasteiger partial charge is 0.296 e. The number of hydrogen-bond acceptors (Lipinski definition) is 7. The van der Waals surface area contributed by atoms with Crippen molar-refractivity contribution in [2.24, 2.45) is 0 Å². The minimum Gasteiger partial charge on any atom is -0.486 e. The Morgan fingerprint density at radius 3 is 2.18 bits per heavy atom. The molecule has 0 atom stereocenters. The highest BCUT2D eigenvalue weighted by molar-refractivity contribution is 7.92. The van der Waals surface area contributed by atoms with Crippen LogP contribution in [0.2, 0.25) is 0 Å². The molecule has 176 valence electrons. The Labute approximate surface area is 195 Å². The molecule has 1 amide bonds. The molecule has 0 aromatic heterocycles. The Morgan fingerprint density at radius 1 is 1.00 bits per heavy atom. The number of carbonyl (C=O) groups excluding carboxylic acids is 1. The molecule has 3 aromatic rings. The molecule has 0 unspecified atom stereocenters. The van der Waals surface area contributed by atoms with Crippen LogP contribution in [0.15, 0.2) is 65.6 Å². The van der Waals surface area contributed by atoms with Gasteiger partial charge in [0, 0.05) is 18.7 Å². The molecule has 1 aliphatic rings. The summed E-state index contributed by atoms with van der Waals surface area (Å²) in [6.45, 7) is 2.43. The topological polar surface area (TPSA) is 128 Å². The van der Waals surface area contributed by atoms with Crippen LogP contribution in [0.25, 0.3) is 0 Å². The summed E-state index contributed by atoms with van der Waals surface area (Å²) in [6, 6.07) is 14.9. The zero-order valence-electron chi connectivity index (χ0n) is 18.3. The number of anilines is 2. The molecular weight excluding hydrogens is 462 g/mol. The number of aryl methyl sites for hydroxylation is 1. The fraction of sp³-hybridized carbons (Fsp3) is 0.174. The van der Waals surface area contributed by atoms with Crippen molar-refractivity contribution in [1.82, 2.24) is 0 Å². The zero-order valence-corrected chi connectivity index (χ0v) is 19.2. The number of sulfonamides is 1. The summed E-state index contributed by atoms with van der Waals surface area (Å²) in [5, 5.41) is 14.0. The van der Waals surface area contributed by atoms with E-state index in [0.717, 1.165) is 9.87 Å². The SMILES string of the molecule is Cc1ccc(S(=O)(=O)N(C)c2ccc(C(=O)Nc3cc4c(cc3[N+](=O)[O-])OCCO4)cc2)cc1. The number of benzene rings is 3. The Bertz CT molecular complexity index is 1350. The lowest BCUT2D eigenvalue weighted by Crippen LogP contribution is -2.26. The molecule has 0 saturated heterocycles. The first-order valence-corrected chi connectivity index (χ1v) is 11.7. The van der Waals surface area contributed by atoms with E-state index >= 15 is 0 Å². The molecular formula is C23H21N3O7S. The molecule has 10 nitrogen and oxygen atoms in total. The van der Waals surface area contributed by atoms with Crippen molar-refractivity contribution in [2.45, 2.75) is 11.8 Å². The maximum Gasteiger partial charge on any atom is 0.296 e. The number of nitrogens with one attached hydrogen (secondary N) is 1. The summed E-state index contributed by atoms with van der Waals surface area (Å²) in [6.07, 6.45) is 0. The highest BCUT2D eigenvalue weighted by Gasteiger charge is 2.25. The first-order chi connectivity index (χ1) is 16.2. The minimum absolute atomic E-state index is 0.0395. The van der Waals surface area contributed by atoms with Crippen LogP contribution < -0.4 is 19.1 Å². The molecule has 0 aliphatic carbocycles. The van der Waals surface area contributed by atoms with Gasteiger partial charge in [-0.2, -0.15) is 0 Å². The Kier molecular flexibility index (Phi) is 6.12. The van der Waals surface area contributed by atoms with E-state index in [0.29, 0.717) is 18.0 Å². The van der Waals surface area contributed by atoms with Crippen LogP contribution in [0.5, 0.6) is 11.5 Å². The molecule has 0 radical (unpaired) electrons. The van der Waals surface area contributed by atoms with Gasteiger partial charge in [0.05, 0.1) is 21.6 Å². The van der Waals surface area contributed by atoms with Crippen LogP contribution in [0, 0.1) is 17.0 Å². The van der Waals surface area contributed by atoms with Gasteiger partial charge in [0.1, 0.15) is 18.9 Å². The van der Waals surface area contributed by atoms with Gasteiger partial charge in [0.25, 0.3) is 21.6 Å². The zero-order chi connectivity index (χ0) is 24.5. The van der Waals surface area contributed by atoms with Crippen molar-refractivity contribution in [3.05, 3.63) is 81.9 Å². The first kappa shape index (κ1) is 23.1. The van der Waals surface area contributed by atoms with Crippen molar-refractivity contribution in [1.29, 1.82) is 0 Å².